The lowest BCUT2D eigenvalue weighted by Crippen LogP contribution is -2.42. The Kier molecular flexibility index (Phi) is 3.12. The zero-order chi connectivity index (χ0) is 12.4. The number of piperidine rings is 1. The van der Waals surface area contributed by atoms with Gasteiger partial charge in [0, 0.05) is 32.3 Å². The van der Waals surface area contributed by atoms with Crippen molar-refractivity contribution in [2.24, 2.45) is 18.7 Å². The SMILES string of the molecule is Cn1nccc1C(=O)N1CCC(C(N)=O)CC1. The maximum absolute atomic E-state index is 12.1. The molecular weight excluding hydrogens is 220 g/mol. The second kappa shape index (κ2) is 4.57. The van der Waals surface area contributed by atoms with Crippen LogP contribution in [-0.4, -0.2) is 39.6 Å². The lowest BCUT2D eigenvalue weighted by Gasteiger charge is -2.30. The molecule has 0 unspecified atom stereocenters. The second-order valence-electron chi connectivity index (χ2n) is 4.31. The van der Waals surface area contributed by atoms with Crippen LogP contribution in [-0.2, 0) is 11.8 Å². The molecule has 6 heteroatoms. The van der Waals surface area contributed by atoms with Gasteiger partial charge in [0.05, 0.1) is 0 Å². The van der Waals surface area contributed by atoms with Gasteiger partial charge in [0.15, 0.2) is 0 Å². The van der Waals surface area contributed by atoms with Crippen molar-refractivity contribution in [1.82, 2.24) is 14.7 Å². The maximum atomic E-state index is 12.1. The van der Waals surface area contributed by atoms with Crippen molar-refractivity contribution in [3.63, 3.8) is 0 Å². The number of aromatic nitrogens is 2. The molecule has 0 bridgehead atoms. The van der Waals surface area contributed by atoms with Crippen LogP contribution in [0.4, 0.5) is 0 Å². The minimum atomic E-state index is -0.266. The smallest absolute Gasteiger partial charge is 0.272 e. The van der Waals surface area contributed by atoms with Crippen molar-refractivity contribution in [1.29, 1.82) is 0 Å². The van der Waals surface area contributed by atoms with Crippen molar-refractivity contribution in [2.45, 2.75) is 12.8 Å². The molecule has 2 N–H and O–H groups in total. The summed E-state index contributed by atoms with van der Waals surface area (Å²) in [5.74, 6) is -0.392. The van der Waals surface area contributed by atoms with E-state index in [-0.39, 0.29) is 17.7 Å². The molecule has 92 valence electrons. The quantitative estimate of drug-likeness (QED) is 0.769. The van der Waals surface area contributed by atoms with Gasteiger partial charge in [0.25, 0.3) is 5.91 Å². The summed E-state index contributed by atoms with van der Waals surface area (Å²) in [6.45, 7) is 1.16. The van der Waals surface area contributed by atoms with Gasteiger partial charge in [-0.25, -0.2) is 0 Å². The van der Waals surface area contributed by atoms with E-state index in [1.807, 2.05) is 0 Å². The first-order valence-corrected chi connectivity index (χ1v) is 5.66. The van der Waals surface area contributed by atoms with Crippen molar-refractivity contribution in [3.05, 3.63) is 18.0 Å². The molecule has 0 aliphatic carbocycles. The summed E-state index contributed by atoms with van der Waals surface area (Å²) in [5, 5.41) is 3.97. The molecule has 0 atom stereocenters. The second-order valence-corrected chi connectivity index (χ2v) is 4.31. The normalized spacial score (nSPS) is 17.1. The van der Waals surface area contributed by atoms with Crippen molar-refractivity contribution in [3.8, 4) is 0 Å². The summed E-state index contributed by atoms with van der Waals surface area (Å²) < 4.78 is 1.56. The molecule has 1 fully saturated rings. The van der Waals surface area contributed by atoms with Crippen LogP contribution in [0.25, 0.3) is 0 Å². The maximum Gasteiger partial charge on any atom is 0.272 e. The molecule has 1 aliphatic heterocycles. The van der Waals surface area contributed by atoms with Crippen molar-refractivity contribution >= 4 is 11.8 Å². The van der Waals surface area contributed by atoms with E-state index >= 15 is 0 Å². The summed E-state index contributed by atoms with van der Waals surface area (Å²) in [5.41, 5.74) is 5.82. The first-order chi connectivity index (χ1) is 8.09. The summed E-state index contributed by atoms with van der Waals surface area (Å²) in [7, 11) is 1.74. The number of likely N-dealkylation sites (tertiary alicyclic amines) is 1. The van der Waals surface area contributed by atoms with E-state index in [2.05, 4.69) is 5.10 Å². The van der Waals surface area contributed by atoms with E-state index in [0.29, 0.717) is 31.6 Å². The van der Waals surface area contributed by atoms with Gasteiger partial charge >= 0.3 is 0 Å². The molecule has 6 nitrogen and oxygen atoms in total. The monoisotopic (exact) mass is 236 g/mol. The van der Waals surface area contributed by atoms with Gasteiger partial charge < -0.3 is 10.6 Å². The lowest BCUT2D eigenvalue weighted by molar-refractivity contribution is -0.123. The summed E-state index contributed by atoms with van der Waals surface area (Å²) in [6, 6.07) is 1.70. The predicted molar refractivity (Wildman–Crippen MR) is 61.0 cm³/mol. The summed E-state index contributed by atoms with van der Waals surface area (Å²) >= 11 is 0. The molecule has 2 rings (SSSR count). The van der Waals surface area contributed by atoms with E-state index in [4.69, 9.17) is 5.73 Å². The average Bonchev–Trinajstić information content (AvgIpc) is 2.74. The Hall–Kier alpha value is -1.85. The summed E-state index contributed by atoms with van der Waals surface area (Å²) in [6.07, 6.45) is 2.90. The number of hydrogen-bond donors (Lipinski definition) is 1. The number of amides is 2. The fourth-order valence-electron chi connectivity index (χ4n) is 2.11. The average molecular weight is 236 g/mol. The van der Waals surface area contributed by atoms with Crippen LogP contribution in [0.5, 0.6) is 0 Å². The zero-order valence-electron chi connectivity index (χ0n) is 9.80. The minimum absolute atomic E-state index is 0.0343. The third kappa shape index (κ3) is 2.30. The third-order valence-electron chi connectivity index (χ3n) is 3.22. The number of rotatable bonds is 2. The Bertz CT molecular complexity index is 432. The standard InChI is InChI=1S/C11H16N4O2/c1-14-9(2-5-13-14)11(17)15-6-3-8(4-7-15)10(12)16/h2,5,8H,3-4,6-7H2,1H3,(H2,12,16). The number of aryl methyl sites for hydroxylation is 1. The largest absolute Gasteiger partial charge is 0.369 e. The highest BCUT2D eigenvalue weighted by Crippen LogP contribution is 2.18. The van der Waals surface area contributed by atoms with Crippen LogP contribution in [0.15, 0.2) is 12.3 Å². The van der Waals surface area contributed by atoms with Crippen molar-refractivity contribution < 1.29 is 9.59 Å². The van der Waals surface area contributed by atoms with E-state index in [1.165, 1.54) is 0 Å². The van der Waals surface area contributed by atoms with Gasteiger partial charge in [0.1, 0.15) is 5.69 Å². The molecule has 1 saturated heterocycles. The topological polar surface area (TPSA) is 81.2 Å². The number of carbonyl (C=O) groups is 2. The van der Waals surface area contributed by atoms with Gasteiger partial charge in [0.2, 0.25) is 5.91 Å². The van der Waals surface area contributed by atoms with E-state index in [1.54, 1.807) is 28.9 Å². The van der Waals surface area contributed by atoms with E-state index in [9.17, 15) is 9.59 Å². The Morgan fingerprint density at radius 2 is 2.06 bits per heavy atom. The number of carbonyl (C=O) groups excluding carboxylic acids is 2. The number of nitrogens with two attached hydrogens (primary N) is 1. The fraction of sp³-hybridized carbons (Fsp3) is 0.545. The molecular formula is C11H16N4O2. The van der Waals surface area contributed by atoms with E-state index in [0.717, 1.165) is 0 Å². The van der Waals surface area contributed by atoms with Gasteiger partial charge in [-0.15, -0.1) is 0 Å². The Morgan fingerprint density at radius 3 is 2.53 bits per heavy atom. The molecule has 17 heavy (non-hydrogen) atoms. The van der Waals surface area contributed by atoms with Gasteiger partial charge in [-0.1, -0.05) is 0 Å². The highest BCUT2D eigenvalue weighted by molar-refractivity contribution is 5.92. The van der Waals surface area contributed by atoms with Crippen LogP contribution in [0.3, 0.4) is 0 Å². The van der Waals surface area contributed by atoms with Gasteiger partial charge in [-0.2, -0.15) is 5.10 Å². The Labute approximate surface area is 99.4 Å². The Balaban J connectivity index is 2.00. The van der Waals surface area contributed by atoms with Gasteiger partial charge in [-0.3, -0.25) is 14.3 Å². The molecule has 0 saturated carbocycles. The predicted octanol–water partition coefficient (Wildman–Crippen LogP) is -0.242. The number of nitrogens with zero attached hydrogens (tertiary/aromatic N) is 3. The lowest BCUT2D eigenvalue weighted by atomic mass is 9.96. The molecule has 1 aliphatic rings. The fourth-order valence-corrected chi connectivity index (χ4v) is 2.11. The number of hydrogen-bond acceptors (Lipinski definition) is 3. The molecule has 0 radical (unpaired) electrons. The van der Waals surface area contributed by atoms with Crippen LogP contribution in [0.2, 0.25) is 0 Å². The van der Waals surface area contributed by atoms with Crippen LogP contribution >= 0.6 is 0 Å². The molecule has 0 spiro atoms. The molecule has 0 aromatic carbocycles. The summed E-state index contributed by atoms with van der Waals surface area (Å²) in [4.78, 5) is 24.9. The minimum Gasteiger partial charge on any atom is -0.369 e. The third-order valence-corrected chi connectivity index (χ3v) is 3.22. The molecule has 2 amide bonds. The zero-order valence-corrected chi connectivity index (χ0v) is 9.80. The molecule has 2 heterocycles. The van der Waals surface area contributed by atoms with Crippen LogP contribution in [0.1, 0.15) is 23.3 Å². The van der Waals surface area contributed by atoms with E-state index < -0.39 is 0 Å². The molecule has 1 aromatic rings. The highest BCUT2D eigenvalue weighted by atomic mass is 16.2. The Morgan fingerprint density at radius 1 is 1.41 bits per heavy atom. The first kappa shape index (κ1) is 11.6. The first-order valence-electron chi connectivity index (χ1n) is 5.66. The number of primary amides is 1. The van der Waals surface area contributed by atoms with Crippen LogP contribution < -0.4 is 5.73 Å². The highest BCUT2D eigenvalue weighted by Gasteiger charge is 2.27. The van der Waals surface area contributed by atoms with Gasteiger partial charge in [-0.05, 0) is 18.9 Å². The van der Waals surface area contributed by atoms with Crippen LogP contribution in [0, 0.1) is 5.92 Å². The molecule has 1 aromatic heterocycles. The van der Waals surface area contributed by atoms with Crippen molar-refractivity contribution in [2.75, 3.05) is 13.1 Å².